The summed E-state index contributed by atoms with van der Waals surface area (Å²) in [6.45, 7) is 4.38. The topological polar surface area (TPSA) is 98.2 Å². The lowest BCUT2D eigenvalue weighted by atomic mass is 9.92. The molecule has 20 heavy (non-hydrogen) atoms. The Morgan fingerprint density at radius 1 is 1.10 bits per heavy atom. The molecule has 1 rings (SSSR count). The van der Waals surface area contributed by atoms with Crippen molar-refractivity contribution in [3.05, 3.63) is 35.4 Å². The lowest BCUT2D eigenvalue weighted by Gasteiger charge is -2.31. The Balaban J connectivity index is 0.00000361. The van der Waals surface area contributed by atoms with Gasteiger partial charge in [0.1, 0.15) is 0 Å². The highest BCUT2D eigenvalue weighted by molar-refractivity contribution is 5.97. The summed E-state index contributed by atoms with van der Waals surface area (Å²) >= 11 is 0. The number of amides is 2. The van der Waals surface area contributed by atoms with Gasteiger partial charge in [0.2, 0.25) is 5.91 Å². The molecule has 1 aromatic carbocycles. The van der Waals surface area contributed by atoms with Crippen LogP contribution < -0.4 is 16.8 Å². The second-order valence-electron chi connectivity index (χ2n) is 4.59. The predicted molar refractivity (Wildman–Crippen MR) is 82.0 cm³/mol. The normalized spacial score (nSPS) is 10.6. The van der Waals surface area contributed by atoms with Gasteiger partial charge < -0.3 is 16.8 Å². The van der Waals surface area contributed by atoms with Crippen LogP contribution >= 0.6 is 12.4 Å². The van der Waals surface area contributed by atoms with Crippen molar-refractivity contribution >= 4 is 24.2 Å². The van der Waals surface area contributed by atoms with Gasteiger partial charge in [0, 0.05) is 17.7 Å². The minimum Gasteiger partial charge on any atom is -0.366 e. The van der Waals surface area contributed by atoms with E-state index in [1.54, 1.807) is 24.3 Å². The molecule has 0 spiro atoms. The highest BCUT2D eigenvalue weighted by atomic mass is 35.5. The standard InChI is InChI=1S/C14H21N3O2.ClH/c1-3-14(4-2,9-15)17-13(19)11-7-5-10(6-8-11)12(16)18;/h5-8H,3-4,9,15H2,1-2H3,(H2,16,18)(H,17,19);1H. The van der Waals surface area contributed by atoms with Gasteiger partial charge in [-0.3, -0.25) is 9.59 Å². The molecule has 0 aliphatic heterocycles. The number of primary amides is 1. The van der Waals surface area contributed by atoms with Crippen molar-refractivity contribution in [2.75, 3.05) is 6.54 Å². The second-order valence-corrected chi connectivity index (χ2v) is 4.59. The predicted octanol–water partition coefficient (Wildman–Crippen LogP) is 1.45. The van der Waals surface area contributed by atoms with E-state index in [0.717, 1.165) is 12.8 Å². The highest BCUT2D eigenvalue weighted by Gasteiger charge is 2.26. The number of benzene rings is 1. The van der Waals surface area contributed by atoms with E-state index in [2.05, 4.69) is 5.32 Å². The van der Waals surface area contributed by atoms with E-state index < -0.39 is 5.91 Å². The molecule has 0 saturated heterocycles. The van der Waals surface area contributed by atoms with Gasteiger partial charge in [-0.1, -0.05) is 13.8 Å². The van der Waals surface area contributed by atoms with E-state index in [0.29, 0.717) is 17.7 Å². The highest BCUT2D eigenvalue weighted by Crippen LogP contribution is 2.14. The fourth-order valence-electron chi connectivity index (χ4n) is 1.87. The van der Waals surface area contributed by atoms with Crippen molar-refractivity contribution < 1.29 is 9.59 Å². The van der Waals surface area contributed by atoms with Gasteiger partial charge >= 0.3 is 0 Å². The Hall–Kier alpha value is -1.59. The van der Waals surface area contributed by atoms with E-state index in [1.807, 2.05) is 13.8 Å². The van der Waals surface area contributed by atoms with Crippen LogP contribution in [0.2, 0.25) is 0 Å². The van der Waals surface area contributed by atoms with E-state index in [9.17, 15) is 9.59 Å². The minimum atomic E-state index is -0.509. The summed E-state index contributed by atoms with van der Waals surface area (Å²) in [4.78, 5) is 23.1. The summed E-state index contributed by atoms with van der Waals surface area (Å²) < 4.78 is 0. The molecule has 0 atom stereocenters. The maximum atomic E-state index is 12.1. The number of hydrogen-bond donors (Lipinski definition) is 3. The number of carbonyl (C=O) groups excluding carboxylic acids is 2. The maximum Gasteiger partial charge on any atom is 0.251 e. The number of nitrogens with two attached hydrogens (primary N) is 2. The molecule has 0 fully saturated rings. The third-order valence-corrected chi connectivity index (χ3v) is 3.55. The Kier molecular flexibility index (Phi) is 7.24. The average molecular weight is 300 g/mol. The molecule has 0 radical (unpaired) electrons. The monoisotopic (exact) mass is 299 g/mol. The third kappa shape index (κ3) is 4.21. The second kappa shape index (κ2) is 7.87. The Morgan fingerprint density at radius 3 is 1.90 bits per heavy atom. The first-order chi connectivity index (χ1) is 8.98. The molecule has 6 heteroatoms. The zero-order valence-corrected chi connectivity index (χ0v) is 12.6. The smallest absolute Gasteiger partial charge is 0.251 e. The molecule has 0 aliphatic carbocycles. The zero-order chi connectivity index (χ0) is 14.5. The van der Waals surface area contributed by atoms with E-state index in [4.69, 9.17) is 11.5 Å². The van der Waals surface area contributed by atoms with E-state index >= 15 is 0 Å². The molecule has 5 N–H and O–H groups in total. The number of halogens is 1. The van der Waals surface area contributed by atoms with Crippen molar-refractivity contribution in [1.29, 1.82) is 0 Å². The molecule has 0 aliphatic rings. The van der Waals surface area contributed by atoms with Crippen LogP contribution in [0.4, 0.5) is 0 Å². The summed E-state index contributed by atoms with van der Waals surface area (Å²) in [5.74, 6) is -0.699. The van der Waals surface area contributed by atoms with Crippen LogP contribution in [-0.2, 0) is 0 Å². The summed E-state index contributed by atoms with van der Waals surface area (Å²) in [7, 11) is 0. The van der Waals surface area contributed by atoms with Crippen molar-refractivity contribution in [3.63, 3.8) is 0 Å². The lowest BCUT2D eigenvalue weighted by Crippen LogP contribution is -2.52. The van der Waals surface area contributed by atoms with Crippen LogP contribution in [0.3, 0.4) is 0 Å². The number of hydrogen-bond acceptors (Lipinski definition) is 3. The van der Waals surface area contributed by atoms with Gasteiger partial charge in [0.25, 0.3) is 5.91 Å². The molecule has 0 bridgehead atoms. The molecule has 0 heterocycles. The average Bonchev–Trinajstić information content (AvgIpc) is 2.45. The quantitative estimate of drug-likeness (QED) is 0.741. The lowest BCUT2D eigenvalue weighted by molar-refractivity contribution is 0.0894. The Morgan fingerprint density at radius 2 is 1.55 bits per heavy atom. The third-order valence-electron chi connectivity index (χ3n) is 3.55. The summed E-state index contributed by atoms with van der Waals surface area (Å²) in [5, 5.41) is 2.96. The molecule has 1 aromatic rings. The molecule has 112 valence electrons. The van der Waals surface area contributed by atoms with Crippen molar-refractivity contribution in [2.45, 2.75) is 32.2 Å². The van der Waals surface area contributed by atoms with Crippen molar-refractivity contribution in [3.8, 4) is 0 Å². The van der Waals surface area contributed by atoms with Crippen LogP contribution in [0, 0.1) is 0 Å². The van der Waals surface area contributed by atoms with Crippen LogP contribution in [-0.4, -0.2) is 23.9 Å². The van der Waals surface area contributed by atoms with Crippen molar-refractivity contribution in [2.24, 2.45) is 11.5 Å². The van der Waals surface area contributed by atoms with E-state index in [1.165, 1.54) is 0 Å². The SMILES string of the molecule is CCC(CC)(CN)NC(=O)c1ccc(C(N)=O)cc1.Cl. The molecule has 5 nitrogen and oxygen atoms in total. The van der Waals surface area contributed by atoms with Crippen LogP contribution in [0.25, 0.3) is 0 Å². The van der Waals surface area contributed by atoms with Gasteiger partial charge in [0.05, 0.1) is 5.54 Å². The Labute approximate surface area is 125 Å². The molecular formula is C14H22ClN3O2. The van der Waals surface area contributed by atoms with Crippen molar-refractivity contribution in [1.82, 2.24) is 5.32 Å². The number of carbonyl (C=O) groups is 2. The van der Waals surface area contributed by atoms with E-state index in [-0.39, 0.29) is 23.9 Å². The van der Waals surface area contributed by atoms with Crippen LogP contribution in [0.5, 0.6) is 0 Å². The maximum absolute atomic E-state index is 12.1. The molecule has 0 aromatic heterocycles. The van der Waals surface area contributed by atoms with Gasteiger partial charge in [0.15, 0.2) is 0 Å². The molecular weight excluding hydrogens is 278 g/mol. The summed E-state index contributed by atoms with van der Waals surface area (Å²) in [5.41, 5.74) is 11.4. The molecule has 0 unspecified atom stereocenters. The van der Waals surface area contributed by atoms with Gasteiger partial charge in [-0.05, 0) is 37.1 Å². The summed E-state index contributed by atoms with van der Waals surface area (Å²) in [6.07, 6.45) is 1.54. The fourth-order valence-corrected chi connectivity index (χ4v) is 1.87. The largest absolute Gasteiger partial charge is 0.366 e. The fraction of sp³-hybridized carbons (Fsp3) is 0.429. The van der Waals surface area contributed by atoms with Gasteiger partial charge in [-0.2, -0.15) is 0 Å². The summed E-state index contributed by atoms with van der Waals surface area (Å²) in [6, 6.07) is 6.25. The first-order valence-electron chi connectivity index (χ1n) is 6.40. The molecule has 2 amide bonds. The first kappa shape index (κ1) is 18.4. The van der Waals surface area contributed by atoms with Crippen LogP contribution in [0.15, 0.2) is 24.3 Å². The van der Waals surface area contributed by atoms with Gasteiger partial charge in [-0.15, -0.1) is 12.4 Å². The molecule has 0 saturated carbocycles. The van der Waals surface area contributed by atoms with Gasteiger partial charge in [-0.25, -0.2) is 0 Å². The first-order valence-corrected chi connectivity index (χ1v) is 6.40. The van der Waals surface area contributed by atoms with Crippen LogP contribution in [0.1, 0.15) is 47.4 Å². The number of rotatable bonds is 6. The Bertz CT molecular complexity index is 448. The number of nitrogens with one attached hydrogen (secondary N) is 1. The zero-order valence-electron chi connectivity index (χ0n) is 11.8. The minimum absolute atomic E-state index is 0.